The van der Waals surface area contributed by atoms with Crippen LogP contribution in [0.1, 0.15) is 18.9 Å². The summed E-state index contributed by atoms with van der Waals surface area (Å²) in [7, 11) is 0. The zero-order valence-corrected chi connectivity index (χ0v) is 11.9. The zero-order valence-electron chi connectivity index (χ0n) is 11.9. The Bertz CT molecular complexity index is 589. The van der Waals surface area contributed by atoms with E-state index < -0.39 is 0 Å². The van der Waals surface area contributed by atoms with Crippen LogP contribution in [0.15, 0.2) is 40.5 Å². The van der Waals surface area contributed by atoms with Gasteiger partial charge in [-0.3, -0.25) is 4.79 Å². The fraction of sp³-hybridized carbons (Fsp3) is 0.333. The number of rotatable bonds is 2. The molecule has 5 nitrogen and oxygen atoms in total. The van der Waals surface area contributed by atoms with Crippen LogP contribution in [0.25, 0.3) is 0 Å². The van der Waals surface area contributed by atoms with Crippen molar-refractivity contribution in [3.63, 3.8) is 0 Å². The molecule has 0 saturated carbocycles. The van der Waals surface area contributed by atoms with Gasteiger partial charge in [0.1, 0.15) is 5.84 Å². The number of carbonyl (C=O) groups is 1. The molecule has 1 amide bonds. The lowest BCUT2D eigenvalue weighted by Gasteiger charge is -2.28. The van der Waals surface area contributed by atoms with Crippen molar-refractivity contribution in [1.29, 1.82) is 0 Å². The van der Waals surface area contributed by atoms with Crippen LogP contribution in [0.5, 0.6) is 0 Å². The first kappa shape index (κ1) is 14.1. The highest BCUT2D eigenvalue weighted by atomic mass is 16.2. The molecule has 20 heavy (non-hydrogen) atoms. The van der Waals surface area contributed by atoms with Crippen molar-refractivity contribution in [3.05, 3.63) is 41.1 Å². The zero-order chi connectivity index (χ0) is 14.7. The van der Waals surface area contributed by atoms with Gasteiger partial charge in [0.05, 0.1) is 12.2 Å². The van der Waals surface area contributed by atoms with Gasteiger partial charge < -0.3 is 16.4 Å². The summed E-state index contributed by atoms with van der Waals surface area (Å²) in [5, 5.41) is 0. The average molecular weight is 272 g/mol. The van der Waals surface area contributed by atoms with Crippen LogP contribution in [0.4, 0.5) is 5.69 Å². The molecule has 0 aromatic heterocycles. The predicted octanol–water partition coefficient (Wildman–Crippen LogP) is 1.45. The van der Waals surface area contributed by atoms with Crippen molar-refractivity contribution >= 4 is 17.4 Å². The highest BCUT2D eigenvalue weighted by Crippen LogP contribution is 2.18. The molecule has 0 radical (unpaired) electrons. The topological polar surface area (TPSA) is 84.7 Å². The lowest BCUT2D eigenvalue weighted by molar-refractivity contribution is -0.128. The van der Waals surface area contributed by atoms with Gasteiger partial charge in [0.25, 0.3) is 0 Å². The summed E-state index contributed by atoms with van der Waals surface area (Å²) in [6.45, 7) is 4.62. The molecule has 5 heteroatoms. The second-order valence-electron chi connectivity index (χ2n) is 5.03. The third-order valence-corrected chi connectivity index (χ3v) is 3.39. The standard InChI is InChI=1S/C15H20N4O/c1-10-4-3-5-12(8-10)18-15(17)13-9-19(11(2)20)7-6-14(13)16/h3-5,8H,6-7,9,16H2,1-2H3,(H2,17,18). The van der Waals surface area contributed by atoms with E-state index in [-0.39, 0.29) is 5.91 Å². The molecule has 1 aromatic carbocycles. The van der Waals surface area contributed by atoms with Gasteiger partial charge in [-0.05, 0) is 24.6 Å². The number of hydrogen-bond donors (Lipinski definition) is 2. The number of aliphatic imine (C=N–C) groups is 1. The van der Waals surface area contributed by atoms with Gasteiger partial charge in [-0.1, -0.05) is 12.1 Å². The van der Waals surface area contributed by atoms with E-state index in [1.54, 1.807) is 11.8 Å². The molecule has 0 saturated heterocycles. The number of nitrogens with two attached hydrogens (primary N) is 2. The molecular formula is C15H20N4O. The quantitative estimate of drug-likeness (QED) is 0.631. The number of amidine groups is 1. The Morgan fingerprint density at radius 2 is 2.15 bits per heavy atom. The lowest BCUT2D eigenvalue weighted by Crippen LogP contribution is -2.40. The fourth-order valence-corrected chi connectivity index (χ4v) is 2.20. The smallest absolute Gasteiger partial charge is 0.219 e. The van der Waals surface area contributed by atoms with Gasteiger partial charge in [0.2, 0.25) is 5.91 Å². The van der Waals surface area contributed by atoms with Crippen molar-refractivity contribution in [1.82, 2.24) is 4.90 Å². The van der Waals surface area contributed by atoms with E-state index in [9.17, 15) is 4.79 Å². The van der Waals surface area contributed by atoms with Crippen LogP contribution >= 0.6 is 0 Å². The van der Waals surface area contributed by atoms with E-state index in [0.29, 0.717) is 25.3 Å². The van der Waals surface area contributed by atoms with Crippen LogP contribution in [0, 0.1) is 6.92 Å². The van der Waals surface area contributed by atoms with E-state index in [0.717, 1.165) is 22.5 Å². The Morgan fingerprint density at radius 1 is 1.40 bits per heavy atom. The third-order valence-electron chi connectivity index (χ3n) is 3.39. The predicted molar refractivity (Wildman–Crippen MR) is 80.5 cm³/mol. The summed E-state index contributed by atoms with van der Waals surface area (Å²) in [6.07, 6.45) is 0.638. The largest absolute Gasteiger partial charge is 0.402 e. The van der Waals surface area contributed by atoms with Crippen molar-refractivity contribution < 1.29 is 4.79 Å². The summed E-state index contributed by atoms with van der Waals surface area (Å²) in [5.41, 5.74) is 15.5. The van der Waals surface area contributed by atoms with E-state index in [4.69, 9.17) is 11.5 Å². The minimum absolute atomic E-state index is 0.0263. The van der Waals surface area contributed by atoms with Crippen LogP contribution in [-0.2, 0) is 4.79 Å². The fourth-order valence-electron chi connectivity index (χ4n) is 2.20. The number of carbonyl (C=O) groups excluding carboxylic acids is 1. The summed E-state index contributed by atoms with van der Waals surface area (Å²) in [4.78, 5) is 17.6. The monoisotopic (exact) mass is 272 g/mol. The first-order valence-electron chi connectivity index (χ1n) is 6.61. The first-order valence-corrected chi connectivity index (χ1v) is 6.61. The SMILES string of the molecule is CC(=O)N1CCC(N)=C(C(N)=Nc2cccc(C)c2)C1. The van der Waals surface area contributed by atoms with Gasteiger partial charge >= 0.3 is 0 Å². The molecule has 0 fully saturated rings. The van der Waals surface area contributed by atoms with E-state index in [1.807, 2.05) is 31.2 Å². The highest BCUT2D eigenvalue weighted by molar-refractivity contribution is 6.00. The maximum Gasteiger partial charge on any atom is 0.219 e. The Labute approximate surface area is 119 Å². The number of benzene rings is 1. The number of aryl methyl sites for hydroxylation is 1. The first-order chi connectivity index (χ1) is 9.47. The van der Waals surface area contributed by atoms with Gasteiger partial charge in [-0.2, -0.15) is 0 Å². The highest BCUT2D eigenvalue weighted by Gasteiger charge is 2.21. The minimum Gasteiger partial charge on any atom is -0.402 e. The summed E-state index contributed by atoms with van der Waals surface area (Å²) < 4.78 is 0. The Kier molecular flexibility index (Phi) is 4.08. The minimum atomic E-state index is 0.0263. The van der Waals surface area contributed by atoms with Gasteiger partial charge in [-0.15, -0.1) is 0 Å². The second-order valence-corrected chi connectivity index (χ2v) is 5.03. The maximum absolute atomic E-state index is 11.5. The Balaban J connectivity index is 2.27. The molecule has 4 N–H and O–H groups in total. The maximum atomic E-state index is 11.5. The molecule has 0 unspecified atom stereocenters. The van der Waals surface area contributed by atoms with E-state index in [2.05, 4.69) is 4.99 Å². The van der Waals surface area contributed by atoms with Crippen molar-refractivity contribution in [2.45, 2.75) is 20.3 Å². The molecule has 1 aromatic rings. The molecule has 0 bridgehead atoms. The van der Waals surface area contributed by atoms with Crippen molar-refractivity contribution in [2.24, 2.45) is 16.5 Å². The molecule has 0 spiro atoms. The molecule has 2 rings (SSSR count). The lowest BCUT2D eigenvalue weighted by atomic mass is 10.1. The molecule has 106 valence electrons. The summed E-state index contributed by atoms with van der Waals surface area (Å²) in [5.74, 6) is 0.414. The van der Waals surface area contributed by atoms with E-state index in [1.165, 1.54) is 0 Å². The van der Waals surface area contributed by atoms with Crippen LogP contribution < -0.4 is 11.5 Å². The molecule has 1 aliphatic rings. The van der Waals surface area contributed by atoms with Crippen molar-refractivity contribution in [3.8, 4) is 0 Å². The molecular weight excluding hydrogens is 252 g/mol. The molecule has 1 aliphatic heterocycles. The van der Waals surface area contributed by atoms with Crippen molar-refractivity contribution in [2.75, 3.05) is 13.1 Å². The number of nitrogens with zero attached hydrogens (tertiary/aromatic N) is 2. The molecule has 1 heterocycles. The van der Waals surface area contributed by atoms with Gasteiger partial charge in [0, 0.05) is 31.2 Å². The Morgan fingerprint density at radius 3 is 2.80 bits per heavy atom. The molecule has 0 atom stereocenters. The van der Waals surface area contributed by atoms with Crippen LogP contribution in [-0.4, -0.2) is 29.7 Å². The van der Waals surface area contributed by atoms with Gasteiger partial charge in [0.15, 0.2) is 0 Å². The van der Waals surface area contributed by atoms with E-state index >= 15 is 0 Å². The number of amides is 1. The van der Waals surface area contributed by atoms with Crippen LogP contribution in [0.2, 0.25) is 0 Å². The second kappa shape index (κ2) is 5.77. The third kappa shape index (κ3) is 3.17. The average Bonchev–Trinajstić information content (AvgIpc) is 2.38. The van der Waals surface area contributed by atoms with Crippen LogP contribution in [0.3, 0.4) is 0 Å². The summed E-state index contributed by atoms with van der Waals surface area (Å²) >= 11 is 0. The molecule has 0 aliphatic carbocycles. The number of hydrogen-bond acceptors (Lipinski definition) is 3. The normalized spacial score (nSPS) is 16.5. The Hall–Kier alpha value is -2.30. The van der Waals surface area contributed by atoms with Gasteiger partial charge in [-0.25, -0.2) is 4.99 Å². The summed E-state index contributed by atoms with van der Waals surface area (Å²) in [6, 6.07) is 7.78.